The van der Waals surface area contributed by atoms with Crippen LogP contribution >= 0.6 is 23.1 Å². The topological polar surface area (TPSA) is 50.3 Å². The fourth-order valence-corrected chi connectivity index (χ4v) is 4.00. The molecule has 0 radical (unpaired) electrons. The van der Waals surface area contributed by atoms with Crippen LogP contribution in [0.2, 0.25) is 0 Å². The Morgan fingerprint density at radius 1 is 1.56 bits per heavy atom. The van der Waals surface area contributed by atoms with Gasteiger partial charge >= 0.3 is 0 Å². The average Bonchev–Trinajstić information content (AvgIpc) is 2.71. The summed E-state index contributed by atoms with van der Waals surface area (Å²) in [4.78, 5) is 30.3. The fraction of sp³-hybridized carbons (Fsp3) is 0.583. The Hall–Kier alpha value is -0.880. The lowest BCUT2D eigenvalue weighted by molar-refractivity contribution is -0.128. The Balaban J connectivity index is 2.00. The second-order valence-electron chi connectivity index (χ2n) is 4.45. The molecule has 1 unspecified atom stereocenters. The van der Waals surface area contributed by atoms with Crippen LogP contribution in [0.5, 0.6) is 0 Å². The smallest absolute Gasteiger partial charge is 0.224 e. The van der Waals surface area contributed by atoms with Crippen molar-refractivity contribution in [2.45, 2.75) is 39.0 Å². The number of carbonyl (C=O) groups excluding carboxylic acids is 2. The van der Waals surface area contributed by atoms with Gasteiger partial charge in [-0.25, -0.2) is 4.98 Å². The number of hydrogen-bond acceptors (Lipinski definition) is 5. The normalized spacial score (nSPS) is 19.6. The van der Waals surface area contributed by atoms with Crippen molar-refractivity contribution in [3.8, 4) is 0 Å². The first-order chi connectivity index (χ1) is 8.45. The molecule has 1 aromatic rings. The van der Waals surface area contributed by atoms with Crippen molar-refractivity contribution >= 4 is 34.1 Å². The molecule has 18 heavy (non-hydrogen) atoms. The van der Waals surface area contributed by atoms with E-state index in [0.717, 1.165) is 15.6 Å². The number of nitrogens with zero attached hydrogens (tertiary/aromatic N) is 2. The summed E-state index contributed by atoms with van der Waals surface area (Å²) < 4.78 is 0. The molecule has 1 aromatic heterocycles. The van der Waals surface area contributed by atoms with Crippen molar-refractivity contribution in [2.24, 2.45) is 0 Å². The standard InChI is InChI=1S/C12H16N2O2S2/c1-7-11(17-8(2)13-7)6-14-5-10(4-12(14)16)18-9(3)15/h10H,4-6H2,1-3H3. The summed E-state index contributed by atoms with van der Waals surface area (Å²) in [6.45, 7) is 6.79. The van der Waals surface area contributed by atoms with Crippen LogP contribution in [0.1, 0.15) is 28.9 Å². The number of thioether (sulfide) groups is 1. The molecule has 0 saturated carbocycles. The van der Waals surface area contributed by atoms with Gasteiger partial charge in [0.2, 0.25) is 5.91 Å². The zero-order chi connectivity index (χ0) is 13.3. The van der Waals surface area contributed by atoms with Gasteiger partial charge in [-0.3, -0.25) is 9.59 Å². The maximum absolute atomic E-state index is 11.9. The SMILES string of the molecule is CC(=O)SC1CC(=O)N(Cc2sc(C)nc2C)C1. The monoisotopic (exact) mass is 284 g/mol. The average molecular weight is 284 g/mol. The highest BCUT2D eigenvalue weighted by molar-refractivity contribution is 8.14. The summed E-state index contributed by atoms with van der Waals surface area (Å²) in [6.07, 6.45) is 0.473. The van der Waals surface area contributed by atoms with Gasteiger partial charge in [0.1, 0.15) is 0 Å². The molecule has 0 aliphatic carbocycles. The summed E-state index contributed by atoms with van der Waals surface area (Å²) >= 11 is 2.92. The highest BCUT2D eigenvalue weighted by Gasteiger charge is 2.31. The zero-order valence-corrected chi connectivity index (χ0v) is 12.4. The lowest BCUT2D eigenvalue weighted by Crippen LogP contribution is -2.24. The Kier molecular flexibility index (Phi) is 4.07. The number of aryl methyl sites for hydroxylation is 2. The minimum Gasteiger partial charge on any atom is -0.336 e. The number of likely N-dealkylation sites (tertiary alicyclic amines) is 1. The van der Waals surface area contributed by atoms with Crippen molar-refractivity contribution in [3.05, 3.63) is 15.6 Å². The van der Waals surface area contributed by atoms with Gasteiger partial charge in [0.25, 0.3) is 0 Å². The summed E-state index contributed by atoms with van der Waals surface area (Å²) in [7, 11) is 0. The van der Waals surface area contributed by atoms with E-state index in [2.05, 4.69) is 4.98 Å². The van der Waals surface area contributed by atoms with E-state index < -0.39 is 0 Å². The van der Waals surface area contributed by atoms with E-state index in [4.69, 9.17) is 0 Å². The van der Waals surface area contributed by atoms with Crippen LogP contribution in [0, 0.1) is 13.8 Å². The number of carbonyl (C=O) groups is 2. The first-order valence-electron chi connectivity index (χ1n) is 5.83. The number of rotatable bonds is 3. The summed E-state index contributed by atoms with van der Waals surface area (Å²) in [5, 5.41) is 1.23. The maximum atomic E-state index is 11.9. The van der Waals surface area contributed by atoms with Gasteiger partial charge in [-0.15, -0.1) is 11.3 Å². The maximum Gasteiger partial charge on any atom is 0.224 e. The molecule has 6 heteroatoms. The molecule has 1 aliphatic rings. The van der Waals surface area contributed by atoms with Gasteiger partial charge in [0.15, 0.2) is 5.12 Å². The predicted octanol–water partition coefficient (Wildman–Crippen LogP) is 2.14. The fourth-order valence-electron chi connectivity index (χ4n) is 2.10. The molecule has 0 spiro atoms. The van der Waals surface area contributed by atoms with Gasteiger partial charge in [0, 0.05) is 30.0 Å². The van der Waals surface area contributed by atoms with Crippen LogP contribution in [0.4, 0.5) is 0 Å². The van der Waals surface area contributed by atoms with Gasteiger partial charge in [-0.1, -0.05) is 11.8 Å². The molecule has 4 nitrogen and oxygen atoms in total. The van der Waals surface area contributed by atoms with Crippen molar-refractivity contribution in [1.82, 2.24) is 9.88 Å². The lowest BCUT2D eigenvalue weighted by Gasteiger charge is -2.15. The van der Waals surface area contributed by atoms with Crippen molar-refractivity contribution in [3.63, 3.8) is 0 Å². The molecule has 2 heterocycles. The van der Waals surface area contributed by atoms with Gasteiger partial charge in [-0.05, 0) is 13.8 Å². The molecular formula is C12H16N2O2S2. The predicted molar refractivity (Wildman–Crippen MR) is 73.7 cm³/mol. The third kappa shape index (κ3) is 3.11. The van der Waals surface area contributed by atoms with E-state index in [-0.39, 0.29) is 16.3 Å². The van der Waals surface area contributed by atoms with Crippen LogP contribution in [-0.4, -0.2) is 32.7 Å². The second kappa shape index (κ2) is 5.40. The van der Waals surface area contributed by atoms with E-state index in [1.54, 1.807) is 18.3 Å². The summed E-state index contributed by atoms with van der Waals surface area (Å²) in [5.41, 5.74) is 1.01. The first kappa shape index (κ1) is 13.5. The van der Waals surface area contributed by atoms with Gasteiger partial charge in [-0.2, -0.15) is 0 Å². The molecule has 1 atom stereocenters. The molecule has 1 amide bonds. The second-order valence-corrected chi connectivity index (χ2v) is 7.22. The largest absolute Gasteiger partial charge is 0.336 e. The minimum atomic E-state index is 0.0828. The summed E-state index contributed by atoms with van der Waals surface area (Å²) in [6, 6.07) is 0. The zero-order valence-electron chi connectivity index (χ0n) is 10.7. The van der Waals surface area contributed by atoms with Crippen LogP contribution in [0.15, 0.2) is 0 Å². The van der Waals surface area contributed by atoms with Crippen molar-refractivity contribution in [1.29, 1.82) is 0 Å². The number of thiazole rings is 1. The van der Waals surface area contributed by atoms with Crippen LogP contribution in [0.25, 0.3) is 0 Å². The first-order valence-corrected chi connectivity index (χ1v) is 7.53. The van der Waals surface area contributed by atoms with E-state index >= 15 is 0 Å². The van der Waals surface area contributed by atoms with Crippen molar-refractivity contribution in [2.75, 3.05) is 6.54 Å². The molecule has 98 valence electrons. The third-order valence-electron chi connectivity index (χ3n) is 2.85. The number of amides is 1. The quantitative estimate of drug-likeness (QED) is 0.853. The van der Waals surface area contributed by atoms with E-state index in [9.17, 15) is 9.59 Å². The molecule has 2 rings (SSSR count). The Morgan fingerprint density at radius 2 is 2.28 bits per heavy atom. The molecule has 0 N–H and O–H groups in total. The molecule has 1 saturated heterocycles. The molecule has 1 fully saturated rings. The molecular weight excluding hydrogens is 268 g/mol. The van der Waals surface area contributed by atoms with Gasteiger partial charge < -0.3 is 4.90 Å². The van der Waals surface area contributed by atoms with E-state index in [1.165, 1.54) is 11.8 Å². The molecule has 1 aliphatic heterocycles. The highest BCUT2D eigenvalue weighted by atomic mass is 32.2. The van der Waals surface area contributed by atoms with Gasteiger partial charge in [0.05, 0.1) is 17.2 Å². The molecule has 0 bridgehead atoms. The summed E-state index contributed by atoms with van der Waals surface area (Å²) in [5.74, 6) is 0.138. The van der Waals surface area contributed by atoms with Crippen LogP contribution in [0.3, 0.4) is 0 Å². The van der Waals surface area contributed by atoms with E-state index in [1.807, 2.05) is 18.7 Å². The Bertz CT molecular complexity index is 484. The number of aromatic nitrogens is 1. The van der Waals surface area contributed by atoms with Crippen molar-refractivity contribution < 1.29 is 9.59 Å². The Labute approximate surface area is 115 Å². The molecule has 0 aromatic carbocycles. The lowest BCUT2D eigenvalue weighted by atomic mass is 10.3. The van der Waals surface area contributed by atoms with E-state index in [0.29, 0.717) is 19.5 Å². The third-order valence-corrected chi connectivity index (χ3v) is 4.88. The van der Waals surface area contributed by atoms with Crippen LogP contribution < -0.4 is 0 Å². The highest BCUT2D eigenvalue weighted by Crippen LogP contribution is 2.27. The Morgan fingerprint density at radius 3 is 2.83 bits per heavy atom. The number of hydrogen-bond donors (Lipinski definition) is 0. The minimum absolute atomic E-state index is 0.0828. The van der Waals surface area contributed by atoms with Crippen LogP contribution in [-0.2, 0) is 16.1 Å².